The van der Waals surface area contributed by atoms with Gasteiger partial charge < -0.3 is 9.80 Å². The van der Waals surface area contributed by atoms with Crippen molar-refractivity contribution in [3.05, 3.63) is 65.2 Å². The van der Waals surface area contributed by atoms with Crippen LogP contribution < -0.4 is 0 Å². The Morgan fingerprint density at radius 2 is 1.82 bits per heavy atom. The van der Waals surface area contributed by atoms with Crippen LogP contribution in [0.25, 0.3) is 11.1 Å². The number of amides is 1. The van der Waals surface area contributed by atoms with Gasteiger partial charge in [-0.2, -0.15) is 5.26 Å². The molecule has 3 heterocycles. The average Bonchev–Trinajstić information content (AvgIpc) is 3.48. The number of rotatable bonds is 4. The van der Waals surface area contributed by atoms with Crippen molar-refractivity contribution in [3.63, 3.8) is 0 Å². The SMILES string of the molecule is CC1=Nc2ccc(-c3ccc(C#N)cc3)cc2CC(C(=O)N2CCCC2CN2CCCC2)=C1. The molecule has 0 radical (unpaired) electrons. The van der Waals surface area contributed by atoms with Gasteiger partial charge in [-0.3, -0.25) is 9.79 Å². The van der Waals surface area contributed by atoms with Crippen LogP contribution in [0.15, 0.2) is 59.1 Å². The predicted molar refractivity (Wildman–Crippen MR) is 132 cm³/mol. The molecule has 2 aromatic rings. The maximum atomic E-state index is 13.7. The summed E-state index contributed by atoms with van der Waals surface area (Å²) in [7, 11) is 0. The molecule has 0 bridgehead atoms. The molecule has 1 amide bonds. The molecule has 2 aromatic carbocycles. The highest BCUT2D eigenvalue weighted by Crippen LogP contribution is 2.32. The summed E-state index contributed by atoms with van der Waals surface area (Å²) in [5.41, 5.74) is 6.50. The first-order valence-corrected chi connectivity index (χ1v) is 12.0. The number of allylic oxidation sites excluding steroid dienone is 1. The molecule has 1 atom stereocenters. The highest BCUT2D eigenvalue weighted by Gasteiger charge is 2.32. The quantitative estimate of drug-likeness (QED) is 0.683. The molecule has 5 nitrogen and oxygen atoms in total. The van der Waals surface area contributed by atoms with Gasteiger partial charge in [0.25, 0.3) is 0 Å². The normalized spacial score (nSPS) is 20.6. The Morgan fingerprint density at radius 1 is 1.06 bits per heavy atom. The summed E-state index contributed by atoms with van der Waals surface area (Å²) in [5.74, 6) is 0.169. The van der Waals surface area contributed by atoms with E-state index in [2.05, 4.69) is 28.0 Å². The van der Waals surface area contributed by atoms with Gasteiger partial charge in [-0.25, -0.2) is 0 Å². The molecule has 0 N–H and O–H groups in total. The van der Waals surface area contributed by atoms with Crippen LogP contribution in [0.4, 0.5) is 5.69 Å². The largest absolute Gasteiger partial charge is 0.335 e. The number of likely N-dealkylation sites (tertiary alicyclic amines) is 2. The van der Waals surface area contributed by atoms with Crippen LogP contribution in [0.1, 0.15) is 43.7 Å². The van der Waals surface area contributed by atoms with Crippen LogP contribution in [-0.4, -0.2) is 53.6 Å². The van der Waals surface area contributed by atoms with Gasteiger partial charge in [0, 0.05) is 36.8 Å². The number of carbonyl (C=O) groups excluding carboxylic acids is 1. The molecule has 33 heavy (non-hydrogen) atoms. The van der Waals surface area contributed by atoms with Gasteiger partial charge >= 0.3 is 0 Å². The fourth-order valence-corrected chi connectivity index (χ4v) is 5.36. The molecule has 5 rings (SSSR count). The fraction of sp³-hybridized carbons (Fsp3) is 0.393. The van der Waals surface area contributed by atoms with Crippen molar-refractivity contribution in [2.24, 2.45) is 4.99 Å². The lowest BCUT2D eigenvalue weighted by Gasteiger charge is -2.29. The molecule has 168 valence electrons. The zero-order chi connectivity index (χ0) is 22.8. The van der Waals surface area contributed by atoms with E-state index in [-0.39, 0.29) is 5.91 Å². The number of hydrogen-bond donors (Lipinski definition) is 0. The molecule has 0 aromatic heterocycles. The summed E-state index contributed by atoms with van der Waals surface area (Å²) in [6.45, 7) is 6.16. The first-order chi connectivity index (χ1) is 16.1. The van der Waals surface area contributed by atoms with Crippen LogP contribution in [0, 0.1) is 11.3 Å². The van der Waals surface area contributed by atoms with Crippen molar-refractivity contribution in [2.75, 3.05) is 26.2 Å². The van der Waals surface area contributed by atoms with E-state index in [0.29, 0.717) is 18.0 Å². The average molecular weight is 439 g/mol. The van der Waals surface area contributed by atoms with E-state index < -0.39 is 0 Å². The van der Waals surface area contributed by atoms with E-state index in [9.17, 15) is 4.79 Å². The number of benzene rings is 2. The second-order valence-corrected chi connectivity index (χ2v) is 9.43. The summed E-state index contributed by atoms with van der Waals surface area (Å²) < 4.78 is 0. The predicted octanol–water partition coefficient (Wildman–Crippen LogP) is 4.89. The Hall–Kier alpha value is -3.23. The minimum Gasteiger partial charge on any atom is -0.335 e. The summed E-state index contributed by atoms with van der Waals surface area (Å²) in [6, 6.07) is 16.4. The van der Waals surface area contributed by atoms with Crippen molar-refractivity contribution >= 4 is 17.3 Å². The Labute approximate surface area is 196 Å². The molecule has 0 spiro atoms. The van der Waals surface area contributed by atoms with Crippen LogP contribution in [0.2, 0.25) is 0 Å². The van der Waals surface area contributed by atoms with E-state index in [1.165, 1.54) is 25.9 Å². The Balaban J connectivity index is 1.39. The van der Waals surface area contributed by atoms with Gasteiger partial charge in [-0.1, -0.05) is 18.2 Å². The minimum atomic E-state index is 0.169. The summed E-state index contributed by atoms with van der Waals surface area (Å²) in [6.07, 6.45) is 7.31. The van der Waals surface area contributed by atoms with Crippen LogP contribution in [0.5, 0.6) is 0 Å². The molecule has 3 aliphatic rings. The number of nitriles is 1. The van der Waals surface area contributed by atoms with E-state index in [4.69, 9.17) is 10.3 Å². The number of nitrogens with zero attached hydrogens (tertiary/aromatic N) is 4. The van der Waals surface area contributed by atoms with Crippen LogP contribution in [0.3, 0.4) is 0 Å². The van der Waals surface area contributed by atoms with Crippen molar-refractivity contribution < 1.29 is 4.79 Å². The Kier molecular flexibility index (Phi) is 6.11. The Morgan fingerprint density at radius 3 is 2.58 bits per heavy atom. The minimum absolute atomic E-state index is 0.169. The van der Waals surface area contributed by atoms with Gasteiger partial charge in [0.2, 0.25) is 5.91 Å². The molecule has 1 unspecified atom stereocenters. The van der Waals surface area contributed by atoms with Gasteiger partial charge in [0.05, 0.1) is 17.3 Å². The van der Waals surface area contributed by atoms with E-state index in [0.717, 1.165) is 59.6 Å². The topological polar surface area (TPSA) is 59.7 Å². The molecule has 2 fully saturated rings. The van der Waals surface area contributed by atoms with Gasteiger partial charge in [0.1, 0.15) is 0 Å². The van der Waals surface area contributed by atoms with E-state index in [1.807, 2.05) is 43.3 Å². The second kappa shape index (κ2) is 9.33. The third kappa shape index (κ3) is 4.62. The highest BCUT2D eigenvalue weighted by atomic mass is 16.2. The highest BCUT2D eigenvalue weighted by molar-refractivity contribution is 6.05. The molecular formula is C28H30N4O. The summed E-state index contributed by atoms with van der Waals surface area (Å²) in [4.78, 5) is 23.1. The summed E-state index contributed by atoms with van der Waals surface area (Å²) >= 11 is 0. The maximum absolute atomic E-state index is 13.7. The number of fused-ring (bicyclic) bond motifs is 1. The van der Waals surface area contributed by atoms with Crippen LogP contribution >= 0.6 is 0 Å². The first kappa shape index (κ1) is 21.6. The van der Waals surface area contributed by atoms with Gasteiger partial charge in [-0.15, -0.1) is 0 Å². The van der Waals surface area contributed by atoms with Crippen molar-refractivity contribution in [1.82, 2.24) is 9.80 Å². The molecule has 5 heteroatoms. The van der Waals surface area contributed by atoms with Crippen LogP contribution in [-0.2, 0) is 11.2 Å². The lowest BCUT2D eigenvalue weighted by Crippen LogP contribution is -2.43. The first-order valence-electron chi connectivity index (χ1n) is 12.0. The zero-order valence-electron chi connectivity index (χ0n) is 19.3. The number of hydrogen-bond acceptors (Lipinski definition) is 4. The standard InChI is InChI=1S/C28H30N4O/c1-20-15-25(28(33)32-14-4-5-26(32)19-31-12-2-3-13-31)17-24-16-23(10-11-27(24)30-20)22-8-6-21(18-29)7-9-22/h6-11,15-16,26H,2-5,12-14,17,19H2,1H3. The zero-order valence-corrected chi connectivity index (χ0v) is 19.3. The third-order valence-electron chi connectivity index (χ3n) is 7.07. The lowest BCUT2D eigenvalue weighted by molar-refractivity contribution is -0.128. The smallest absolute Gasteiger partial charge is 0.250 e. The monoisotopic (exact) mass is 438 g/mol. The maximum Gasteiger partial charge on any atom is 0.250 e. The second-order valence-electron chi connectivity index (χ2n) is 9.43. The molecule has 0 saturated carbocycles. The van der Waals surface area contributed by atoms with Gasteiger partial charge in [-0.05, 0) is 92.7 Å². The van der Waals surface area contributed by atoms with E-state index in [1.54, 1.807) is 0 Å². The molecular weight excluding hydrogens is 408 g/mol. The molecule has 2 saturated heterocycles. The lowest BCUT2D eigenvalue weighted by atomic mass is 9.97. The number of carbonyl (C=O) groups is 1. The molecule has 0 aliphatic carbocycles. The Bertz CT molecular complexity index is 1150. The number of aliphatic imine (C=N–C) groups is 1. The molecule has 3 aliphatic heterocycles. The fourth-order valence-electron chi connectivity index (χ4n) is 5.36. The van der Waals surface area contributed by atoms with Crippen molar-refractivity contribution in [3.8, 4) is 17.2 Å². The van der Waals surface area contributed by atoms with E-state index >= 15 is 0 Å². The summed E-state index contributed by atoms with van der Waals surface area (Å²) in [5, 5.41) is 9.07. The van der Waals surface area contributed by atoms with Crippen molar-refractivity contribution in [2.45, 2.75) is 45.1 Å². The van der Waals surface area contributed by atoms with Crippen molar-refractivity contribution in [1.29, 1.82) is 5.26 Å². The third-order valence-corrected chi connectivity index (χ3v) is 7.07. The van der Waals surface area contributed by atoms with Gasteiger partial charge in [0.15, 0.2) is 0 Å².